The minimum Gasteiger partial charge on any atom is -0.459 e. The van der Waals surface area contributed by atoms with Gasteiger partial charge in [-0.15, -0.1) is 0 Å². The maximum Gasteiger partial charge on any atom is 0.306 e. The van der Waals surface area contributed by atoms with Gasteiger partial charge in [0.15, 0.2) is 18.1 Å². The van der Waals surface area contributed by atoms with Crippen molar-refractivity contribution in [2.45, 2.75) is 129 Å². The van der Waals surface area contributed by atoms with Gasteiger partial charge in [0.25, 0.3) is 0 Å². The molecule has 4 rings (SSSR count). The normalized spacial score (nSPS) is 38.6. The summed E-state index contributed by atoms with van der Waals surface area (Å²) in [6, 6.07) is 0. The first-order valence-electron chi connectivity index (χ1n) is 16.0. The Kier molecular flexibility index (Phi) is 9.56. The average Bonchev–Trinajstić information content (AvgIpc) is 3.14. The van der Waals surface area contributed by atoms with Crippen molar-refractivity contribution in [1.29, 1.82) is 0 Å². The third-order valence-corrected chi connectivity index (χ3v) is 11.2. The molecular weight excluding hydrogens is 539 g/mol. The first kappa shape index (κ1) is 32.6. The number of allylic oxidation sites excluding steroid dienone is 4. The Morgan fingerprint density at radius 3 is 2.31 bits per heavy atom. The summed E-state index contributed by atoms with van der Waals surface area (Å²) in [5.74, 6) is -3.27. The third-order valence-electron chi connectivity index (χ3n) is 11.2. The van der Waals surface area contributed by atoms with Crippen LogP contribution in [0.25, 0.3) is 0 Å². The summed E-state index contributed by atoms with van der Waals surface area (Å²) in [6.07, 6.45) is 9.86. The Morgan fingerprint density at radius 1 is 1.02 bits per heavy atom. The van der Waals surface area contributed by atoms with Crippen LogP contribution in [0.4, 0.5) is 4.39 Å². The number of halogens is 1. The molecule has 0 heterocycles. The van der Waals surface area contributed by atoms with E-state index in [2.05, 4.69) is 0 Å². The highest BCUT2D eigenvalue weighted by molar-refractivity contribution is 6.01. The van der Waals surface area contributed by atoms with Crippen LogP contribution in [0.3, 0.4) is 0 Å². The van der Waals surface area contributed by atoms with Gasteiger partial charge >= 0.3 is 11.9 Å². The second-order valence-corrected chi connectivity index (χ2v) is 13.6. The maximum absolute atomic E-state index is 18.2. The van der Waals surface area contributed by atoms with E-state index in [0.717, 1.165) is 25.7 Å². The number of fused-ring (bicyclic) bond motifs is 5. The number of esters is 2. The lowest BCUT2D eigenvalue weighted by Crippen LogP contribution is -2.70. The quantitative estimate of drug-likeness (QED) is 0.215. The smallest absolute Gasteiger partial charge is 0.306 e. The van der Waals surface area contributed by atoms with Crippen LogP contribution >= 0.6 is 0 Å². The zero-order valence-electron chi connectivity index (χ0n) is 26.0. The first-order chi connectivity index (χ1) is 19.8. The number of hydrogen-bond acceptors (Lipinski definition) is 7. The van der Waals surface area contributed by atoms with Crippen LogP contribution < -0.4 is 0 Å². The molecular formula is C34H49FO7. The molecule has 0 bridgehead atoms. The van der Waals surface area contributed by atoms with Crippen molar-refractivity contribution in [1.82, 2.24) is 0 Å². The van der Waals surface area contributed by atoms with Crippen molar-refractivity contribution in [2.75, 3.05) is 6.61 Å². The highest BCUT2D eigenvalue weighted by atomic mass is 19.1. The Labute approximate surface area is 249 Å². The molecule has 0 aromatic carbocycles. The molecule has 0 aliphatic heterocycles. The molecule has 42 heavy (non-hydrogen) atoms. The van der Waals surface area contributed by atoms with Gasteiger partial charge in [0.2, 0.25) is 5.78 Å². The molecule has 0 radical (unpaired) electrons. The molecule has 0 aromatic rings. The molecule has 4 aliphatic carbocycles. The molecule has 8 atom stereocenters. The lowest BCUT2D eigenvalue weighted by atomic mass is 9.44. The van der Waals surface area contributed by atoms with E-state index >= 15 is 4.39 Å². The SMILES string of the molecule is CCCCCC(=O)OCC(=O)[C@@]1(O)[C@H](C)C[C@@H]2[C@@H]3CCC4=CC(=O)C=C[C@]4(C)[C@@]3(F)[C@@H](OC(=O)CCCCC)C[C@@]21C. The monoisotopic (exact) mass is 588 g/mol. The number of hydrogen-bond donors (Lipinski definition) is 1. The van der Waals surface area contributed by atoms with Gasteiger partial charge < -0.3 is 14.6 Å². The number of unbranched alkanes of at least 4 members (excludes halogenated alkanes) is 4. The van der Waals surface area contributed by atoms with Crippen LogP contribution in [-0.2, 0) is 28.7 Å². The van der Waals surface area contributed by atoms with E-state index in [4.69, 9.17) is 9.47 Å². The van der Waals surface area contributed by atoms with Crippen molar-refractivity contribution in [2.24, 2.45) is 28.6 Å². The number of carbonyl (C=O) groups excluding carboxylic acids is 4. The fraction of sp³-hybridized carbons (Fsp3) is 0.765. The van der Waals surface area contributed by atoms with Gasteiger partial charge in [-0.05, 0) is 69.4 Å². The van der Waals surface area contributed by atoms with Crippen molar-refractivity contribution in [3.63, 3.8) is 0 Å². The molecule has 3 fully saturated rings. The van der Waals surface area contributed by atoms with E-state index in [1.807, 2.05) is 20.8 Å². The van der Waals surface area contributed by atoms with Crippen LogP contribution in [0.1, 0.15) is 112 Å². The summed E-state index contributed by atoms with van der Waals surface area (Å²) in [5.41, 5.74) is -5.50. The van der Waals surface area contributed by atoms with Gasteiger partial charge in [0.1, 0.15) is 11.7 Å². The number of ether oxygens (including phenoxy) is 2. The molecule has 0 saturated heterocycles. The summed E-state index contributed by atoms with van der Waals surface area (Å²) in [6.45, 7) is 8.91. The van der Waals surface area contributed by atoms with Crippen LogP contribution in [0, 0.1) is 28.6 Å². The number of rotatable bonds is 12. The molecule has 1 N–H and O–H groups in total. The molecule has 0 amide bonds. The average molecular weight is 589 g/mol. The van der Waals surface area contributed by atoms with E-state index in [1.54, 1.807) is 19.9 Å². The fourth-order valence-electron chi connectivity index (χ4n) is 8.82. The molecule has 0 aromatic heterocycles. The van der Waals surface area contributed by atoms with E-state index in [0.29, 0.717) is 37.7 Å². The molecule has 0 unspecified atom stereocenters. The summed E-state index contributed by atoms with van der Waals surface area (Å²) < 4.78 is 29.5. The number of Topliss-reactive ketones (excluding diaryl/α,β-unsaturated/α-hetero) is 1. The van der Waals surface area contributed by atoms with Crippen LogP contribution in [0.5, 0.6) is 0 Å². The molecule has 7 nitrogen and oxygen atoms in total. The molecule has 4 aliphatic rings. The Hall–Kier alpha value is -2.35. The van der Waals surface area contributed by atoms with Crippen molar-refractivity contribution in [3.8, 4) is 0 Å². The molecule has 0 spiro atoms. The summed E-state index contributed by atoms with van der Waals surface area (Å²) >= 11 is 0. The zero-order valence-corrected chi connectivity index (χ0v) is 26.0. The second kappa shape index (κ2) is 12.3. The lowest BCUT2D eigenvalue weighted by Gasteiger charge is -2.63. The van der Waals surface area contributed by atoms with Crippen molar-refractivity contribution in [3.05, 3.63) is 23.8 Å². The topological polar surface area (TPSA) is 107 Å². The van der Waals surface area contributed by atoms with Gasteiger partial charge in [-0.1, -0.05) is 65.0 Å². The fourth-order valence-corrected chi connectivity index (χ4v) is 8.82. The number of alkyl halides is 1. The minimum absolute atomic E-state index is 0.0497. The maximum atomic E-state index is 18.2. The van der Waals surface area contributed by atoms with Gasteiger partial charge in [-0.25, -0.2) is 4.39 Å². The summed E-state index contributed by atoms with van der Waals surface area (Å²) in [7, 11) is 0. The molecule has 3 saturated carbocycles. The Balaban J connectivity index is 1.68. The van der Waals surface area contributed by atoms with E-state index in [-0.39, 0.29) is 31.0 Å². The molecule has 8 heteroatoms. The van der Waals surface area contributed by atoms with E-state index < -0.39 is 64.4 Å². The predicted octanol–water partition coefficient (Wildman–Crippen LogP) is 6.16. The largest absolute Gasteiger partial charge is 0.459 e. The van der Waals surface area contributed by atoms with Gasteiger partial charge in [0, 0.05) is 29.6 Å². The highest BCUT2D eigenvalue weighted by Gasteiger charge is 2.76. The second-order valence-electron chi connectivity index (χ2n) is 13.6. The minimum atomic E-state index is -2.03. The van der Waals surface area contributed by atoms with Crippen LogP contribution in [-0.4, -0.2) is 52.6 Å². The third kappa shape index (κ3) is 5.20. The van der Waals surface area contributed by atoms with E-state index in [9.17, 15) is 24.3 Å². The number of carbonyl (C=O) groups is 4. The van der Waals surface area contributed by atoms with Crippen molar-refractivity contribution < 1.29 is 38.1 Å². The summed E-state index contributed by atoms with van der Waals surface area (Å²) in [4.78, 5) is 51.4. The number of aliphatic hydroxyl groups is 1. The standard InChI is InChI=1S/C34H49FO7/c1-6-8-10-12-29(38)41-21-27(37)34(40)22(3)18-26-25-15-14-23-19-24(36)16-17-31(23,4)33(25,35)28(20-32(26,34)5)42-30(39)13-11-9-7-2/h16-17,19,22,25-26,28,40H,6-15,18,20-21H2,1-5H3/t22-,25+,26-,28+,31+,32+,33+,34+/m1/s1. The van der Waals surface area contributed by atoms with Crippen molar-refractivity contribution >= 4 is 23.5 Å². The van der Waals surface area contributed by atoms with Crippen LogP contribution in [0.2, 0.25) is 0 Å². The number of ketones is 2. The summed E-state index contributed by atoms with van der Waals surface area (Å²) in [5, 5.41) is 12.3. The highest BCUT2D eigenvalue weighted by Crippen LogP contribution is 2.71. The van der Waals surface area contributed by atoms with Gasteiger partial charge in [-0.2, -0.15) is 0 Å². The lowest BCUT2D eigenvalue weighted by molar-refractivity contribution is -0.230. The Bertz CT molecular complexity index is 1140. The van der Waals surface area contributed by atoms with Crippen LogP contribution in [0.15, 0.2) is 23.8 Å². The first-order valence-corrected chi connectivity index (χ1v) is 16.0. The predicted molar refractivity (Wildman–Crippen MR) is 156 cm³/mol. The Morgan fingerprint density at radius 2 is 1.67 bits per heavy atom. The molecule has 234 valence electrons. The van der Waals surface area contributed by atoms with Gasteiger partial charge in [-0.3, -0.25) is 19.2 Å². The zero-order chi connectivity index (χ0) is 30.9. The van der Waals surface area contributed by atoms with Gasteiger partial charge in [0.05, 0.1) is 0 Å². The van der Waals surface area contributed by atoms with E-state index in [1.165, 1.54) is 12.2 Å².